The van der Waals surface area contributed by atoms with E-state index in [0.717, 1.165) is 55.3 Å². The molecule has 1 aliphatic heterocycles. The molecule has 0 spiro atoms. The SMILES string of the molecule is Cn1ccc(C2CCNC[C@@H]2C(=O)N(Cc2cc(CCCC#N)cc(Cl)c2Cl)C2CC2)cc1=O. The lowest BCUT2D eigenvalue weighted by molar-refractivity contribution is -0.138. The molecule has 1 aliphatic carbocycles. The molecule has 6 nitrogen and oxygen atoms in total. The van der Waals surface area contributed by atoms with Gasteiger partial charge in [0, 0.05) is 44.9 Å². The van der Waals surface area contributed by atoms with Crippen molar-refractivity contribution in [2.75, 3.05) is 13.1 Å². The molecular weight excluding hydrogens is 471 g/mol. The minimum Gasteiger partial charge on any atom is -0.335 e. The van der Waals surface area contributed by atoms with Gasteiger partial charge in [-0.3, -0.25) is 9.59 Å². The fraction of sp³-hybridized carbons (Fsp3) is 0.500. The van der Waals surface area contributed by atoms with Crippen molar-refractivity contribution < 1.29 is 4.79 Å². The van der Waals surface area contributed by atoms with Gasteiger partial charge < -0.3 is 14.8 Å². The van der Waals surface area contributed by atoms with Crippen LogP contribution in [0.4, 0.5) is 0 Å². The highest BCUT2D eigenvalue weighted by atomic mass is 35.5. The van der Waals surface area contributed by atoms with Gasteiger partial charge >= 0.3 is 0 Å². The fourth-order valence-electron chi connectivity index (χ4n) is 4.82. The molecule has 34 heavy (non-hydrogen) atoms. The zero-order chi connectivity index (χ0) is 24.2. The summed E-state index contributed by atoms with van der Waals surface area (Å²) in [4.78, 5) is 28.1. The van der Waals surface area contributed by atoms with Crippen molar-refractivity contribution >= 4 is 29.1 Å². The minimum absolute atomic E-state index is 0.000256. The second-order valence-electron chi connectivity index (χ2n) is 9.37. The first-order valence-corrected chi connectivity index (χ1v) is 12.7. The summed E-state index contributed by atoms with van der Waals surface area (Å²) in [5.41, 5.74) is 2.74. The first-order valence-electron chi connectivity index (χ1n) is 11.9. The molecule has 0 bridgehead atoms. The van der Waals surface area contributed by atoms with Crippen LogP contribution in [0, 0.1) is 17.2 Å². The number of benzene rings is 1. The number of halogens is 2. The Morgan fingerprint density at radius 2 is 2.06 bits per heavy atom. The number of rotatable bonds is 8. The largest absolute Gasteiger partial charge is 0.335 e. The zero-order valence-electron chi connectivity index (χ0n) is 19.4. The first kappa shape index (κ1) is 24.8. The van der Waals surface area contributed by atoms with Crippen LogP contribution in [-0.2, 0) is 24.8 Å². The summed E-state index contributed by atoms with van der Waals surface area (Å²) in [5, 5.41) is 13.2. The van der Waals surface area contributed by atoms with Crippen LogP contribution in [0.2, 0.25) is 10.0 Å². The number of aryl methyl sites for hydroxylation is 2. The molecular formula is C26H30Cl2N4O2. The third kappa shape index (κ3) is 5.66. The molecule has 8 heteroatoms. The topological polar surface area (TPSA) is 78.1 Å². The highest BCUT2D eigenvalue weighted by Gasteiger charge is 2.40. The summed E-state index contributed by atoms with van der Waals surface area (Å²) < 4.78 is 1.55. The van der Waals surface area contributed by atoms with Crippen LogP contribution in [0.1, 0.15) is 54.7 Å². The van der Waals surface area contributed by atoms with E-state index >= 15 is 0 Å². The van der Waals surface area contributed by atoms with E-state index in [1.807, 2.05) is 23.1 Å². The van der Waals surface area contributed by atoms with Gasteiger partial charge in [0.15, 0.2) is 0 Å². The number of carbonyl (C=O) groups excluding carboxylic acids is 1. The number of nitrogens with one attached hydrogen (secondary N) is 1. The standard InChI is InChI=1S/C26H30Cl2N4O2/c1-31-11-8-18(14-24(31)33)21-7-10-30-15-22(21)26(34)32(20-5-6-20)16-19-12-17(4-2-3-9-29)13-23(27)25(19)28/h8,11-14,20-22,30H,2-7,10,15-16H2,1H3/t21?,22-/m0/s1. The van der Waals surface area contributed by atoms with Gasteiger partial charge in [0.1, 0.15) is 0 Å². The van der Waals surface area contributed by atoms with Crippen molar-refractivity contribution in [3.05, 3.63) is 67.6 Å². The van der Waals surface area contributed by atoms with E-state index in [4.69, 9.17) is 28.5 Å². The second kappa shape index (κ2) is 10.9. The second-order valence-corrected chi connectivity index (χ2v) is 10.2. The summed E-state index contributed by atoms with van der Waals surface area (Å²) >= 11 is 13.0. The number of hydrogen-bond acceptors (Lipinski definition) is 4. The van der Waals surface area contributed by atoms with Gasteiger partial charge in [-0.2, -0.15) is 5.26 Å². The molecule has 4 rings (SSSR count). The third-order valence-corrected chi connectivity index (χ3v) is 7.73. The van der Waals surface area contributed by atoms with Crippen LogP contribution >= 0.6 is 23.2 Å². The van der Waals surface area contributed by atoms with Crippen LogP contribution in [0.3, 0.4) is 0 Å². The average Bonchev–Trinajstić information content (AvgIpc) is 3.67. The molecule has 2 aromatic rings. The van der Waals surface area contributed by atoms with Crippen molar-refractivity contribution in [3.63, 3.8) is 0 Å². The first-order chi connectivity index (χ1) is 16.4. The molecule has 2 atom stereocenters. The summed E-state index contributed by atoms with van der Waals surface area (Å²) in [6.07, 6.45) is 6.53. The Kier molecular flexibility index (Phi) is 7.98. The molecule has 1 amide bonds. The lowest BCUT2D eigenvalue weighted by Gasteiger charge is -2.36. The Labute approximate surface area is 210 Å². The number of amides is 1. The number of nitriles is 1. The maximum Gasteiger partial charge on any atom is 0.250 e. The molecule has 180 valence electrons. The van der Waals surface area contributed by atoms with Crippen LogP contribution in [-0.4, -0.2) is 34.5 Å². The molecule has 2 heterocycles. The Bertz CT molecular complexity index is 1150. The Morgan fingerprint density at radius 1 is 1.26 bits per heavy atom. The Hall–Kier alpha value is -2.33. The Balaban J connectivity index is 1.58. The molecule has 2 aliphatic rings. The van der Waals surface area contributed by atoms with E-state index in [1.54, 1.807) is 23.9 Å². The zero-order valence-corrected chi connectivity index (χ0v) is 20.9. The number of nitrogens with zero attached hydrogens (tertiary/aromatic N) is 3. The van der Waals surface area contributed by atoms with Crippen molar-refractivity contribution in [2.45, 2.75) is 57.0 Å². The lowest BCUT2D eigenvalue weighted by Crippen LogP contribution is -2.47. The van der Waals surface area contributed by atoms with Crippen molar-refractivity contribution in [1.82, 2.24) is 14.8 Å². The number of pyridine rings is 1. The van der Waals surface area contributed by atoms with Gasteiger partial charge in [-0.25, -0.2) is 0 Å². The van der Waals surface area contributed by atoms with E-state index in [-0.39, 0.29) is 29.3 Å². The van der Waals surface area contributed by atoms with Crippen molar-refractivity contribution in [3.8, 4) is 6.07 Å². The molecule has 2 fully saturated rings. The molecule has 1 saturated heterocycles. The Morgan fingerprint density at radius 3 is 2.76 bits per heavy atom. The monoisotopic (exact) mass is 500 g/mol. The van der Waals surface area contributed by atoms with E-state index < -0.39 is 0 Å². The highest BCUT2D eigenvalue weighted by molar-refractivity contribution is 6.42. The van der Waals surface area contributed by atoms with E-state index in [2.05, 4.69) is 11.4 Å². The molecule has 1 aromatic heterocycles. The quantitative estimate of drug-likeness (QED) is 0.544. The van der Waals surface area contributed by atoms with Crippen molar-refractivity contribution in [2.24, 2.45) is 13.0 Å². The van der Waals surface area contributed by atoms with Crippen LogP contribution in [0.15, 0.2) is 35.3 Å². The maximum absolute atomic E-state index is 13.9. The van der Waals surface area contributed by atoms with Crippen LogP contribution in [0.5, 0.6) is 0 Å². The van der Waals surface area contributed by atoms with Crippen LogP contribution in [0.25, 0.3) is 0 Å². The molecule has 0 radical (unpaired) electrons. The van der Waals surface area contributed by atoms with E-state index in [9.17, 15) is 9.59 Å². The maximum atomic E-state index is 13.9. The summed E-state index contributed by atoms with van der Waals surface area (Å²) in [6, 6.07) is 9.87. The van der Waals surface area contributed by atoms with E-state index in [0.29, 0.717) is 29.6 Å². The van der Waals surface area contributed by atoms with Gasteiger partial charge in [-0.1, -0.05) is 29.3 Å². The summed E-state index contributed by atoms with van der Waals surface area (Å²) in [7, 11) is 1.73. The molecule has 1 aromatic carbocycles. The van der Waals surface area contributed by atoms with Gasteiger partial charge in [0.05, 0.1) is 22.0 Å². The average molecular weight is 501 g/mol. The van der Waals surface area contributed by atoms with Crippen molar-refractivity contribution in [1.29, 1.82) is 5.26 Å². The minimum atomic E-state index is -0.241. The predicted octanol–water partition coefficient (Wildman–Crippen LogP) is 4.42. The third-order valence-electron chi connectivity index (χ3n) is 6.88. The number of unbranched alkanes of at least 4 members (excludes halogenated alkanes) is 1. The number of carbonyl (C=O) groups is 1. The molecule has 1 N–H and O–H groups in total. The van der Waals surface area contributed by atoms with Gasteiger partial charge in [-0.15, -0.1) is 0 Å². The molecule has 1 saturated carbocycles. The summed E-state index contributed by atoms with van der Waals surface area (Å²) in [6.45, 7) is 1.82. The van der Waals surface area contributed by atoms with E-state index in [1.165, 1.54) is 0 Å². The fourth-order valence-corrected chi connectivity index (χ4v) is 5.25. The number of piperidine rings is 1. The number of aromatic nitrogens is 1. The van der Waals surface area contributed by atoms with Gasteiger partial charge in [0.25, 0.3) is 5.56 Å². The van der Waals surface area contributed by atoms with Gasteiger partial charge in [0.2, 0.25) is 5.91 Å². The van der Waals surface area contributed by atoms with Gasteiger partial charge in [-0.05, 0) is 73.4 Å². The summed E-state index contributed by atoms with van der Waals surface area (Å²) in [5.74, 6) is -0.141. The lowest BCUT2D eigenvalue weighted by atomic mass is 9.80. The smallest absolute Gasteiger partial charge is 0.250 e. The highest BCUT2D eigenvalue weighted by Crippen LogP contribution is 2.37. The molecule has 1 unspecified atom stereocenters. The van der Waals surface area contributed by atoms with Crippen LogP contribution < -0.4 is 10.9 Å². The normalized spacial score (nSPS) is 20.1. The predicted molar refractivity (Wildman–Crippen MR) is 134 cm³/mol. The number of hydrogen-bond donors (Lipinski definition) is 1.